The third-order valence-electron chi connectivity index (χ3n) is 4.09. The zero-order valence-corrected chi connectivity index (χ0v) is 14.9. The Morgan fingerprint density at radius 1 is 1.05 bits per heavy atom. The predicted octanol–water partition coefficient (Wildman–Crippen LogP) is 4.22. The van der Waals surface area contributed by atoms with Crippen LogP contribution < -0.4 is 0 Å². The van der Waals surface area contributed by atoms with Crippen LogP contribution >= 0.6 is 0 Å². The largest absolute Gasteiger partial charge is 0.446 e. The molecule has 0 aliphatic heterocycles. The van der Waals surface area contributed by atoms with Crippen LogP contribution in [0.15, 0.2) is 24.3 Å². The molecule has 0 amide bonds. The third kappa shape index (κ3) is 5.45. The number of carbonyl (C=O) groups is 1. The average Bonchev–Trinajstić information content (AvgIpc) is 2.47. The van der Waals surface area contributed by atoms with Crippen LogP contribution in [0.4, 0.5) is 0 Å². The van der Waals surface area contributed by atoms with Gasteiger partial charge in [0.2, 0.25) is 0 Å². The molecule has 124 valence electrons. The van der Waals surface area contributed by atoms with Crippen molar-refractivity contribution in [3.63, 3.8) is 0 Å². The van der Waals surface area contributed by atoms with Gasteiger partial charge in [0.05, 0.1) is 5.92 Å². The molecule has 0 heterocycles. The quantitative estimate of drug-likeness (QED) is 0.532. The molecule has 0 aromatic heterocycles. The number of benzene rings is 1. The van der Waals surface area contributed by atoms with Gasteiger partial charge in [0, 0.05) is 0 Å². The Morgan fingerprint density at radius 3 is 2.05 bits per heavy atom. The second-order valence-corrected chi connectivity index (χ2v) is 6.32. The first-order chi connectivity index (χ1) is 10.4. The zero-order valence-electron chi connectivity index (χ0n) is 14.9. The van der Waals surface area contributed by atoms with E-state index in [1.807, 2.05) is 26.0 Å². The van der Waals surface area contributed by atoms with Crippen LogP contribution in [0.25, 0.3) is 0 Å². The Labute approximate surface area is 135 Å². The van der Waals surface area contributed by atoms with Crippen molar-refractivity contribution in [3.05, 3.63) is 35.4 Å². The van der Waals surface area contributed by atoms with E-state index >= 15 is 0 Å². The topological polar surface area (TPSA) is 29.5 Å². The van der Waals surface area contributed by atoms with Crippen molar-refractivity contribution in [3.8, 4) is 0 Å². The van der Waals surface area contributed by atoms with Crippen molar-refractivity contribution in [2.24, 2.45) is 5.92 Å². The standard InChI is InChI=1S/C19H31NO2/c1-7-20(8-2)16(6)22-19(21)15(5)18-11-9-17(10-12-18)13-14(3)4/h9-12,14-16H,7-8,13H2,1-6H3. The van der Waals surface area contributed by atoms with Crippen LogP contribution in [-0.4, -0.2) is 30.2 Å². The predicted molar refractivity (Wildman–Crippen MR) is 91.9 cm³/mol. The Bertz CT molecular complexity index is 449. The highest BCUT2D eigenvalue weighted by Gasteiger charge is 2.21. The zero-order chi connectivity index (χ0) is 16.7. The number of esters is 1. The van der Waals surface area contributed by atoms with Gasteiger partial charge in [-0.25, -0.2) is 0 Å². The number of hydrogen-bond acceptors (Lipinski definition) is 3. The number of nitrogens with zero attached hydrogens (tertiary/aromatic N) is 1. The third-order valence-corrected chi connectivity index (χ3v) is 4.09. The van der Waals surface area contributed by atoms with Crippen molar-refractivity contribution in [1.82, 2.24) is 4.90 Å². The smallest absolute Gasteiger partial charge is 0.314 e. The number of carbonyl (C=O) groups excluding carboxylic acids is 1. The highest BCUT2D eigenvalue weighted by atomic mass is 16.6. The highest BCUT2D eigenvalue weighted by Crippen LogP contribution is 2.20. The summed E-state index contributed by atoms with van der Waals surface area (Å²) in [6, 6.07) is 8.33. The summed E-state index contributed by atoms with van der Waals surface area (Å²) in [6.45, 7) is 14.2. The lowest BCUT2D eigenvalue weighted by molar-refractivity contribution is -0.158. The molecule has 0 radical (unpaired) electrons. The van der Waals surface area contributed by atoms with Gasteiger partial charge in [-0.1, -0.05) is 52.0 Å². The summed E-state index contributed by atoms with van der Waals surface area (Å²) in [4.78, 5) is 14.4. The van der Waals surface area contributed by atoms with Crippen LogP contribution in [0.5, 0.6) is 0 Å². The summed E-state index contributed by atoms with van der Waals surface area (Å²) in [5.41, 5.74) is 2.33. The van der Waals surface area contributed by atoms with E-state index in [2.05, 4.69) is 44.7 Å². The van der Waals surface area contributed by atoms with Gasteiger partial charge >= 0.3 is 5.97 Å². The monoisotopic (exact) mass is 305 g/mol. The van der Waals surface area contributed by atoms with Crippen LogP contribution in [0, 0.1) is 5.92 Å². The van der Waals surface area contributed by atoms with Gasteiger partial charge in [-0.15, -0.1) is 0 Å². The molecule has 0 aliphatic carbocycles. The Hall–Kier alpha value is -1.35. The van der Waals surface area contributed by atoms with E-state index in [-0.39, 0.29) is 18.1 Å². The first-order valence-corrected chi connectivity index (χ1v) is 8.42. The lowest BCUT2D eigenvalue weighted by Crippen LogP contribution is -2.37. The SMILES string of the molecule is CCN(CC)C(C)OC(=O)C(C)c1ccc(CC(C)C)cc1. The lowest BCUT2D eigenvalue weighted by Gasteiger charge is -2.27. The van der Waals surface area contributed by atoms with Crippen LogP contribution in [0.3, 0.4) is 0 Å². The summed E-state index contributed by atoms with van der Waals surface area (Å²) in [6.07, 6.45) is 0.892. The van der Waals surface area contributed by atoms with Gasteiger partial charge < -0.3 is 4.74 Å². The van der Waals surface area contributed by atoms with Crippen molar-refractivity contribution < 1.29 is 9.53 Å². The van der Waals surface area contributed by atoms with Gasteiger partial charge in [0.1, 0.15) is 0 Å². The van der Waals surface area contributed by atoms with Gasteiger partial charge in [-0.05, 0) is 50.4 Å². The fourth-order valence-corrected chi connectivity index (χ4v) is 2.63. The Morgan fingerprint density at radius 2 is 1.59 bits per heavy atom. The maximum atomic E-state index is 12.3. The summed E-state index contributed by atoms with van der Waals surface area (Å²) in [5, 5.41) is 0. The van der Waals surface area contributed by atoms with Gasteiger partial charge in [-0.3, -0.25) is 9.69 Å². The summed E-state index contributed by atoms with van der Waals surface area (Å²) < 4.78 is 5.59. The summed E-state index contributed by atoms with van der Waals surface area (Å²) in [5.74, 6) is 0.255. The normalized spacial score (nSPS) is 14.2. The molecule has 0 spiro atoms. The lowest BCUT2D eigenvalue weighted by atomic mass is 9.97. The van der Waals surface area contributed by atoms with Crippen molar-refractivity contribution in [1.29, 1.82) is 0 Å². The molecule has 2 atom stereocenters. The molecule has 3 heteroatoms. The molecule has 2 unspecified atom stereocenters. The Balaban J connectivity index is 2.66. The van der Waals surface area contributed by atoms with Crippen LogP contribution in [0.1, 0.15) is 58.6 Å². The molecule has 1 aromatic rings. The number of ether oxygens (including phenoxy) is 1. The van der Waals surface area contributed by atoms with Crippen molar-refractivity contribution >= 4 is 5.97 Å². The molecule has 0 N–H and O–H groups in total. The fraction of sp³-hybridized carbons (Fsp3) is 0.632. The minimum absolute atomic E-state index is 0.156. The van der Waals surface area contributed by atoms with Crippen LogP contribution in [0.2, 0.25) is 0 Å². The van der Waals surface area contributed by atoms with E-state index in [1.54, 1.807) is 0 Å². The van der Waals surface area contributed by atoms with Gasteiger partial charge in [0.25, 0.3) is 0 Å². The molecule has 0 fully saturated rings. The Kier molecular flexibility index (Phi) is 7.60. The van der Waals surface area contributed by atoms with E-state index in [1.165, 1.54) is 5.56 Å². The fourth-order valence-electron chi connectivity index (χ4n) is 2.63. The summed E-state index contributed by atoms with van der Waals surface area (Å²) in [7, 11) is 0. The highest BCUT2D eigenvalue weighted by molar-refractivity contribution is 5.77. The minimum Gasteiger partial charge on any atom is -0.446 e. The molecule has 0 aliphatic rings. The summed E-state index contributed by atoms with van der Waals surface area (Å²) >= 11 is 0. The molecule has 0 bridgehead atoms. The van der Waals surface area contributed by atoms with E-state index in [4.69, 9.17) is 4.74 Å². The maximum absolute atomic E-state index is 12.3. The minimum atomic E-state index is -0.230. The van der Waals surface area contributed by atoms with Gasteiger partial charge in [-0.2, -0.15) is 0 Å². The van der Waals surface area contributed by atoms with E-state index in [9.17, 15) is 4.79 Å². The molecular formula is C19H31NO2. The first kappa shape index (κ1) is 18.7. The molecule has 0 saturated heterocycles. The number of rotatable bonds is 8. The van der Waals surface area contributed by atoms with E-state index < -0.39 is 0 Å². The maximum Gasteiger partial charge on any atom is 0.314 e. The number of hydrogen-bond donors (Lipinski definition) is 0. The van der Waals surface area contributed by atoms with E-state index in [0.717, 1.165) is 25.1 Å². The second-order valence-electron chi connectivity index (χ2n) is 6.32. The first-order valence-electron chi connectivity index (χ1n) is 8.42. The molecule has 1 aromatic carbocycles. The van der Waals surface area contributed by atoms with Crippen LogP contribution in [-0.2, 0) is 16.0 Å². The molecule has 1 rings (SSSR count). The molecular weight excluding hydrogens is 274 g/mol. The van der Waals surface area contributed by atoms with Crippen molar-refractivity contribution in [2.75, 3.05) is 13.1 Å². The molecule has 22 heavy (non-hydrogen) atoms. The molecule has 3 nitrogen and oxygen atoms in total. The second kappa shape index (κ2) is 8.94. The van der Waals surface area contributed by atoms with Gasteiger partial charge in [0.15, 0.2) is 6.23 Å². The average molecular weight is 305 g/mol. The van der Waals surface area contributed by atoms with Crippen molar-refractivity contribution in [2.45, 2.75) is 60.1 Å². The molecule has 0 saturated carbocycles. The van der Waals surface area contributed by atoms with E-state index in [0.29, 0.717) is 5.92 Å².